The number of anilines is 1. The van der Waals surface area contributed by atoms with E-state index in [9.17, 15) is 4.39 Å². The topological polar surface area (TPSA) is 30.9 Å². The summed E-state index contributed by atoms with van der Waals surface area (Å²) in [6.07, 6.45) is 0. The Kier molecular flexibility index (Phi) is 5.79. The first-order chi connectivity index (χ1) is 10.8. The average molecular weight is 338 g/mol. The Morgan fingerprint density at radius 2 is 2.17 bits per heavy atom. The lowest BCUT2D eigenvalue weighted by molar-refractivity contribution is 0.375. The molecule has 1 heterocycles. The highest BCUT2D eigenvalue weighted by atomic mass is 32.2. The molecule has 1 aliphatic rings. The number of hydrogen-bond acceptors (Lipinski definition) is 3. The van der Waals surface area contributed by atoms with E-state index >= 15 is 0 Å². The summed E-state index contributed by atoms with van der Waals surface area (Å²) < 4.78 is 14.3. The van der Waals surface area contributed by atoms with Gasteiger partial charge in [-0.1, -0.05) is 6.07 Å². The highest BCUT2D eigenvalue weighted by Crippen LogP contribution is 2.29. The highest BCUT2D eigenvalue weighted by Gasteiger charge is 2.28. The molecule has 128 valence electrons. The molecular weight excluding hydrogens is 311 g/mol. The highest BCUT2D eigenvalue weighted by molar-refractivity contribution is 8.00. The Balaban J connectivity index is 2.00. The smallest absolute Gasteiger partial charge is 0.193 e. The lowest BCUT2D eigenvalue weighted by Crippen LogP contribution is -2.50. The molecule has 0 aromatic heterocycles. The maximum absolute atomic E-state index is 14.1. The van der Waals surface area contributed by atoms with Gasteiger partial charge in [-0.25, -0.2) is 4.39 Å². The summed E-state index contributed by atoms with van der Waals surface area (Å²) in [6, 6.07) is 5.36. The number of hydrogen-bond donors (Lipinski definition) is 1. The molecule has 0 bridgehead atoms. The molecule has 6 heteroatoms. The molecule has 2 rings (SSSR count). The van der Waals surface area contributed by atoms with Gasteiger partial charge in [-0.15, -0.1) is 0 Å². The van der Waals surface area contributed by atoms with Crippen LogP contribution in [0.25, 0.3) is 0 Å². The van der Waals surface area contributed by atoms with Crippen LogP contribution in [0.3, 0.4) is 0 Å². The SMILES string of the molecule is CN=C(NCc1ccc(N(C)C)c(F)c1)N1CCSC(C)(C)C1. The van der Waals surface area contributed by atoms with Gasteiger partial charge in [0, 0.05) is 51.3 Å². The third kappa shape index (κ3) is 4.77. The number of halogens is 1. The second kappa shape index (κ2) is 7.43. The fraction of sp³-hybridized carbons (Fsp3) is 0.588. The second-order valence-electron chi connectivity index (χ2n) is 6.61. The number of aliphatic imine (C=N–C) groups is 1. The summed E-state index contributed by atoms with van der Waals surface area (Å²) in [7, 11) is 5.48. The zero-order chi connectivity index (χ0) is 17.0. The molecule has 0 radical (unpaired) electrons. The van der Waals surface area contributed by atoms with Crippen molar-refractivity contribution < 1.29 is 4.39 Å². The minimum atomic E-state index is -0.195. The van der Waals surface area contributed by atoms with Crippen molar-refractivity contribution in [2.75, 3.05) is 44.9 Å². The van der Waals surface area contributed by atoms with E-state index in [1.807, 2.05) is 38.0 Å². The molecular formula is C17H27FN4S. The summed E-state index contributed by atoms with van der Waals surface area (Å²) in [4.78, 5) is 8.44. The molecule has 0 aliphatic carbocycles. The monoisotopic (exact) mass is 338 g/mol. The van der Waals surface area contributed by atoms with Crippen LogP contribution in [0.5, 0.6) is 0 Å². The van der Waals surface area contributed by atoms with E-state index in [0.29, 0.717) is 12.2 Å². The Morgan fingerprint density at radius 3 is 2.74 bits per heavy atom. The Labute approximate surface area is 143 Å². The van der Waals surface area contributed by atoms with Crippen LogP contribution < -0.4 is 10.2 Å². The third-order valence-corrected chi connectivity index (χ3v) is 5.18. The van der Waals surface area contributed by atoms with Crippen LogP contribution >= 0.6 is 11.8 Å². The van der Waals surface area contributed by atoms with E-state index in [0.717, 1.165) is 30.4 Å². The van der Waals surface area contributed by atoms with Crippen molar-refractivity contribution in [3.63, 3.8) is 0 Å². The van der Waals surface area contributed by atoms with Crippen LogP contribution in [0.2, 0.25) is 0 Å². The maximum Gasteiger partial charge on any atom is 0.193 e. The van der Waals surface area contributed by atoms with Crippen LogP contribution in [0, 0.1) is 5.82 Å². The summed E-state index contributed by atoms with van der Waals surface area (Å²) in [5, 5.41) is 3.36. The van der Waals surface area contributed by atoms with E-state index in [2.05, 4.69) is 29.1 Å². The predicted molar refractivity (Wildman–Crippen MR) is 99.0 cm³/mol. The normalized spacial score (nSPS) is 18.0. The number of nitrogens with one attached hydrogen (secondary N) is 1. The van der Waals surface area contributed by atoms with Crippen LogP contribution in [-0.2, 0) is 6.54 Å². The van der Waals surface area contributed by atoms with Gasteiger partial charge in [0.15, 0.2) is 5.96 Å². The minimum Gasteiger partial charge on any atom is -0.375 e. The van der Waals surface area contributed by atoms with Crippen molar-refractivity contribution in [2.45, 2.75) is 25.1 Å². The standard InChI is InChI=1S/C17H27FN4S/c1-17(2)12-22(8-9-23-17)16(19-3)20-11-13-6-7-15(21(4)5)14(18)10-13/h6-7,10H,8-9,11-12H2,1-5H3,(H,19,20). The minimum absolute atomic E-state index is 0.195. The Hall–Kier alpha value is -1.43. The van der Waals surface area contributed by atoms with Crippen molar-refractivity contribution in [2.24, 2.45) is 4.99 Å². The van der Waals surface area contributed by atoms with Crippen molar-refractivity contribution in [3.8, 4) is 0 Å². The average Bonchev–Trinajstić information content (AvgIpc) is 2.46. The molecule has 23 heavy (non-hydrogen) atoms. The van der Waals surface area contributed by atoms with Gasteiger partial charge < -0.3 is 15.1 Å². The molecule has 1 aromatic carbocycles. The summed E-state index contributed by atoms with van der Waals surface area (Å²) in [5.74, 6) is 1.79. The van der Waals surface area contributed by atoms with Gasteiger partial charge in [0.25, 0.3) is 0 Å². The van der Waals surface area contributed by atoms with Crippen LogP contribution in [0.4, 0.5) is 10.1 Å². The quantitative estimate of drug-likeness (QED) is 0.678. The summed E-state index contributed by atoms with van der Waals surface area (Å²) in [5.41, 5.74) is 1.52. The predicted octanol–water partition coefficient (Wildman–Crippen LogP) is 2.79. The number of rotatable bonds is 3. The zero-order valence-corrected chi connectivity index (χ0v) is 15.5. The number of nitrogens with zero attached hydrogens (tertiary/aromatic N) is 3. The fourth-order valence-corrected chi connectivity index (χ4v) is 3.85. The van der Waals surface area contributed by atoms with Gasteiger partial charge in [-0.05, 0) is 31.5 Å². The van der Waals surface area contributed by atoms with E-state index < -0.39 is 0 Å². The molecule has 1 fully saturated rings. The number of benzene rings is 1. The lowest BCUT2D eigenvalue weighted by Gasteiger charge is -2.39. The third-order valence-electron chi connectivity index (χ3n) is 3.88. The summed E-state index contributed by atoms with van der Waals surface area (Å²) in [6.45, 7) is 7.03. The molecule has 1 aromatic rings. The molecule has 0 unspecified atom stereocenters. The summed E-state index contributed by atoms with van der Waals surface area (Å²) >= 11 is 1.99. The number of guanidine groups is 1. The largest absolute Gasteiger partial charge is 0.375 e. The van der Waals surface area contributed by atoms with Crippen molar-refractivity contribution in [1.29, 1.82) is 0 Å². The van der Waals surface area contributed by atoms with Gasteiger partial charge in [-0.3, -0.25) is 4.99 Å². The molecule has 4 nitrogen and oxygen atoms in total. The van der Waals surface area contributed by atoms with Crippen LogP contribution in [0.1, 0.15) is 19.4 Å². The molecule has 0 atom stereocenters. The molecule has 0 saturated carbocycles. The van der Waals surface area contributed by atoms with Gasteiger partial charge in [0.1, 0.15) is 5.82 Å². The molecule has 1 N–H and O–H groups in total. The molecule has 1 saturated heterocycles. The Morgan fingerprint density at radius 1 is 1.43 bits per heavy atom. The first kappa shape index (κ1) is 17.9. The Bertz CT molecular complexity index is 572. The van der Waals surface area contributed by atoms with Crippen LogP contribution in [-0.4, -0.2) is 55.6 Å². The fourth-order valence-electron chi connectivity index (χ4n) is 2.73. The molecule has 0 amide bonds. The van der Waals surface area contributed by atoms with E-state index in [4.69, 9.17) is 0 Å². The first-order valence-corrected chi connectivity index (χ1v) is 8.86. The number of thioether (sulfide) groups is 1. The zero-order valence-electron chi connectivity index (χ0n) is 14.7. The van der Waals surface area contributed by atoms with Crippen molar-refractivity contribution in [1.82, 2.24) is 10.2 Å². The van der Waals surface area contributed by atoms with Gasteiger partial charge in [0.05, 0.1) is 5.69 Å². The van der Waals surface area contributed by atoms with Crippen molar-refractivity contribution >= 4 is 23.4 Å². The molecule has 0 spiro atoms. The first-order valence-electron chi connectivity index (χ1n) is 7.88. The molecule has 1 aliphatic heterocycles. The van der Waals surface area contributed by atoms with Crippen molar-refractivity contribution in [3.05, 3.63) is 29.6 Å². The van der Waals surface area contributed by atoms with E-state index in [1.54, 1.807) is 18.0 Å². The van der Waals surface area contributed by atoms with Crippen LogP contribution in [0.15, 0.2) is 23.2 Å². The van der Waals surface area contributed by atoms with Gasteiger partial charge in [0.2, 0.25) is 0 Å². The van der Waals surface area contributed by atoms with Gasteiger partial charge >= 0.3 is 0 Å². The van der Waals surface area contributed by atoms with Gasteiger partial charge in [-0.2, -0.15) is 11.8 Å². The maximum atomic E-state index is 14.1. The lowest BCUT2D eigenvalue weighted by atomic mass is 10.2. The van der Waals surface area contributed by atoms with E-state index in [1.165, 1.54) is 0 Å². The second-order valence-corrected chi connectivity index (χ2v) is 8.41. The van der Waals surface area contributed by atoms with E-state index in [-0.39, 0.29) is 10.6 Å².